The van der Waals surface area contributed by atoms with Gasteiger partial charge in [0, 0.05) is 12.5 Å². The number of hydrogen-bond donors (Lipinski definition) is 8. The zero-order valence-corrected chi connectivity index (χ0v) is 19.2. The Labute approximate surface area is 196 Å². The molecule has 1 aromatic rings. The van der Waals surface area contributed by atoms with E-state index in [1.54, 1.807) is 0 Å². The van der Waals surface area contributed by atoms with Crippen LogP contribution in [0.5, 0.6) is 11.5 Å². The van der Waals surface area contributed by atoms with Gasteiger partial charge in [0.05, 0.1) is 5.60 Å². The largest absolute Gasteiger partial charge is 0.506 e. The van der Waals surface area contributed by atoms with E-state index < -0.39 is 52.7 Å². The summed E-state index contributed by atoms with van der Waals surface area (Å²) in [4.78, 5) is 36.8. The van der Waals surface area contributed by atoms with E-state index in [2.05, 4.69) is 10.6 Å². The summed E-state index contributed by atoms with van der Waals surface area (Å²) >= 11 is 5.66. The van der Waals surface area contributed by atoms with Crippen molar-refractivity contribution >= 4 is 35.5 Å². The van der Waals surface area contributed by atoms with E-state index in [0.717, 1.165) is 31.1 Å². The zero-order valence-electron chi connectivity index (χ0n) is 18.5. The van der Waals surface area contributed by atoms with Crippen molar-refractivity contribution in [2.75, 3.05) is 6.54 Å². The number of rotatable bonds is 12. The quantitative estimate of drug-likeness (QED) is 0.151. The van der Waals surface area contributed by atoms with Crippen LogP contribution in [0.25, 0.3) is 6.08 Å². The lowest BCUT2D eigenvalue weighted by atomic mass is 9.97. The molecule has 33 heavy (non-hydrogen) atoms. The van der Waals surface area contributed by atoms with Crippen LogP contribution in [0.2, 0.25) is 5.02 Å². The van der Waals surface area contributed by atoms with E-state index in [-0.39, 0.29) is 17.0 Å². The molecule has 2 unspecified atom stereocenters. The fourth-order valence-electron chi connectivity index (χ4n) is 2.90. The maximum Gasteiger partial charge on any atom is 0.352 e. The topological polar surface area (TPSA) is 208 Å². The standard InChI is InChI=1S/C21H31ClN4O7/c1-21(2,33)18(26-16(29)10-12(24)5-3-4-6-23)19(30)25-13(20(31)32)7-11-8-14(27)17(22)15(28)9-11/h7-9,12,18,27-28,33H,3-6,10,23-24H2,1-2H3,(H,25,30)(H,26,29)(H,31,32). The molecule has 0 aliphatic rings. The molecule has 0 fully saturated rings. The number of unbranched alkanes of at least 4 members (excludes halogenated alkanes) is 1. The molecule has 0 saturated carbocycles. The van der Waals surface area contributed by atoms with Gasteiger partial charge in [0.15, 0.2) is 0 Å². The number of carbonyl (C=O) groups excluding carboxylic acids is 2. The second-order valence-corrected chi connectivity index (χ2v) is 8.51. The predicted octanol–water partition coefficient (Wildman–Crippen LogP) is 0.395. The summed E-state index contributed by atoms with van der Waals surface area (Å²) < 4.78 is 0. The number of aromatic hydroxyl groups is 2. The van der Waals surface area contributed by atoms with Crippen LogP contribution in [-0.2, 0) is 14.4 Å². The Balaban J connectivity index is 3.01. The molecule has 1 rings (SSSR count). The number of aliphatic hydroxyl groups is 1. The molecule has 12 heteroatoms. The second kappa shape index (κ2) is 12.4. The molecule has 0 spiro atoms. The number of nitrogens with one attached hydrogen (secondary N) is 2. The lowest BCUT2D eigenvalue weighted by Gasteiger charge is -2.29. The summed E-state index contributed by atoms with van der Waals surface area (Å²) in [6, 6.07) is 0.189. The van der Waals surface area contributed by atoms with E-state index in [1.165, 1.54) is 13.8 Å². The van der Waals surface area contributed by atoms with Gasteiger partial charge in [-0.3, -0.25) is 9.59 Å². The van der Waals surface area contributed by atoms with Crippen LogP contribution in [0.3, 0.4) is 0 Å². The predicted molar refractivity (Wildman–Crippen MR) is 122 cm³/mol. The monoisotopic (exact) mass is 486 g/mol. The van der Waals surface area contributed by atoms with E-state index in [4.69, 9.17) is 23.1 Å². The Kier molecular flexibility index (Phi) is 10.6. The molecular formula is C21H31ClN4O7. The smallest absolute Gasteiger partial charge is 0.352 e. The van der Waals surface area contributed by atoms with Gasteiger partial charge in [-0.25, -0.2) is 4.79 Å². The Morgan fingerprint density at radius 1 is 1.18 bits per heavy atom. The zero-order chi connectivity index (χ0) is 25.3. The summed E-state index contributed by atoms with van der Waals surface area (Å²) in [5.74, 6) is -4.12. The first-order valence-corrected chi connectivity index (χ1v) is 10.6. The fraction of sp³-hybridized carbons (Fsp3) is 0.476. The fourth-order valence-corrected chi connectivity index (χ4v) is 3.00. The molecule has 0 heterocycles. The van der Waals surface area contributed by atoms with Crippen LogP contribution in [0.4, 0.5) is 0 Å². The van der Waals surface area contributed by atoms with E-state index in [0.29, 0.717) is 13.0 Å². The minimum Gasteiger partial charge on any atom is -0.506 e. The molecule has 0 aliphatic heterocycles. The second-order valence-electron chi connectivity index (χ2n) is 8.13. The van der Waals surface area contributed by atoms with E-state index in [1.807, 2.05) is 0 Å². The third kappa shape index (κ3) is 9.26. The SMILES string of the molecule is CC(C)(O)C(NC(=O)CC(N)CCCCN)C(=O)NC(=Cc1cc(O)c(Cl)c(O)c1)C(=O)O. The minimum absolute atomic E-state index is 0.0272. The van der Waals surface area contributed by atoms with Gasteiger partial charge in [0.2, 0.25) is 11.8 Å². The number of aliphatic carboxylic acids is 1. The third-order valence-electron chi connectivity index (χ3n) is 4.61. The van der Waals surface area contributed by atoms with Crippen molar-refractivity contribution in [1.82, 2.24) is 10.6 Å². The van der Waals surface area contributed by atoms with Gasteiger partial charge in [-0.15, -0.1) is 0 Å². The number of phenolic OH excluding ortho intramolecular Hbond substituents is 2. The number of halogens is 1. The summed E-state index contributed by atoms with van der Waals surface area (Å²) in [7, 11) is 0. The van der Waals surface area contributed by atoms with Gasteiger partial charge in [-0.1, -0.05) is 18.0 Å². The molecule has 2 atom stereocenters. The van der Waals surface area contributed by atoms with Crippen LogP contribution in [0.1, 0.15) is 45.1 Å². The summed E-state index contributed by atoms with van der Waals surface area (Å²) in [6.45, 7) is 3.06. The molecule has 184 valence electrons. The number of benzene rings is 1. The highest BCUT2D eigenvalue weighted by Crippen LogP contribution is 2.34. The van der Waals surface area contributed by atoms with Gasteiger partial charge < -0.3 is 42.5 Å². The highest BCUT2D eigenvalue weighted by atomic mass is 35.5. The number of hydrogen-bond acceptors (Lipinski definition) is 8. The van der Waals surface area contributed by atoms with Crippen LogP contribution in [0, 0.1) is 0 Å². The number of carboxylic acids is 1. The Morgan fingerprint density at radius 3 is 2.24 bits per heavy atom. The van der Waals surface area contributed by atoms with Crippen molar-refractivity contribution in [3.63, 3.8) is 0 Å². The van der Waals surface area contributed by atoms with Crippen LogP contribution in [0.15, 0.2) is 17.8 Å². The van der Waals surface area contributed by atoms with Gasteiger partial charge in [-0.05, 0) is 57.0 Å². The Bertz CT molecular complexity index is 876. The molecule has 0 aliphatic carbocycles. The summed E-state index contributed by atoms with van der Waals surface area (Å²) in [5, 5.41) is 43.4. The van der Waals surface area contributed by atoms with Gasteiger partial charge in [0.1, 0.15) is 28.3 Å². The third-order valence-corrected chi connectivity index (χ3v) is 4.99. The molecule has 10 N–H and O–H groups in total. The lowest BCUT2D eigenvalue weighted by molar-refractivity contribution is -0.137. The highest BCUT2D eigenvalue weighted by Gasteiger charge is 2.36. The normalized spacial score (nSPS) is 13.8. The summed E-state index contributed by atoms with van der Waals surface area (Å²) in [5.41, 5.74) is 8.99. The number of phenols is 2. The number of carbonyl (C=O) groups is 3. The molecule has 0 radical (unpaired) electrons. The Morgan fingerprint density at radius 2 is 1.76 bits per heavy atom. The molecule has 0 saturated heterocycles. The maximum absolute atomic E-state index is 12.8. The molecule has 1 aromatic carbocycles. The maximum atomic E-state index is 12.8. The molecular weight excluding hydrogens is 456 g/mol. The van der Waals surface area contributed by atoms with Crippen LogP contribution >= 0.6 is 11.6 Å². The van der Waals surface area contributed by atoms with Gasteiger partial charge in [-0.2, -0.15) is 0 Å². The molecule has 2 amide bonds. The van der Waals surface area contributed by atoms with Crippen LogP contribution in [-0.4, -0.2) is 62.4 Å². The lowest BCUT2D eigenvalue weighted by Crippen LogP contribution is -2.58. The van der Waals surface area contributed by atoms with Crippen molar-refractivity contribution in [3.05, 3.63) is 28.4 Å². The Hall–Kier alpha value is -2.86. The first kappa shape index (κ1) is 28.2. The first-order valence-electron chi connectivity index (χ1n) is 10.2. The molecule has 0 aromatic heterocycles. The first-order chi connectivity index (χ1) is 15.3. The van der Waals surface area contributed by atoms with Crippen molar-refractivity contribution in [1.29, 1.82) is 0 Å². The molecule has 0 bridgehead atoms. The highest BCUT2D eigenvalue weighted by molar-refractivity contribution is 6.33. The van der Waals surface area contributed by atoms with Crippen molar-refractivity contribution in [2.24, 2.45) is 11.5 Å². The van der Waals surface area contributed by atoms with Crippen molar-refractivity contribution < 1.29 is 34.8 Å². The number of carboxylic acid groups (broad SMARTS) is 1. The van der Waals surface area contributed by atoms with E-state index >= 15 is 0 Å². The summed E-state index contributed by atoms with van der Waals surface area (Å²) in [6.07, 6.45) is 2.92. The van der Waals surface area contributed by atoms with Crippen LogP contribution < -0.4 is 22.1 Å². The number of nitrogens with two attached hydrogens (primary N) is 2. The molecule has 11 nitrogen and oxygen atoms in total. The van der Waals surface area contributed by atoms with Crippen molar-refractivity contribution in [3.8, 4) is 11.5 Å². The number of amides is 2. The van der Waals surface area contributed by atoms with E-state index in [9.17, 15) is 34.8 Å². The average Bonchev–Trinajstić information content (AvgIpc) is 2.68. The minimum atomic E-state index is -1.75. The van der Waals surface area contributed by atoms with Crippen molar-refractivity contribution in [2.45, 2.75) is 57.2 Å². The van der Waals surface area contributed by atoms with Gasteiger partial charge >= 0.3 is 5.97 Å². The van der Waals surface area contributed by atoms with Gasteiger partial charge in [0.25, 0.3) is 0 Å². The average molecular weight is 487 g/mol.